The van der Waals surface area contributed by atoms with Crippen LogP contribution in [0.2, 0.25) is 0 Å². The van der Waals surface area contributed by atoms with Gasteiger partial charge in [0.1, 0.15) is 5.69 Å². The molecule has 4 rings (SSSR count). The summed E-state index contributed by atoms with van der Waals surface area (Å²) >= 11 is 0. The molecule has 1 aromatic carbocycles. The number of pyridine rings is 1. The van der Waals surface area contributed by atoms with E-state index in [9.17, 15) is 4.79 Å². The van der Waals surface area contributed by atoms with Gasteiger partial charge in [-0.1, -0.05) is 36.4 Å². The van der Waals surface area contributed by atoms with Gasteiger partial charge in [-0.15, -0.1) is 0 Å². The monoisotopic (exact) mass is 342 g/mol. The second kappa shape index (κ2) is 6.60. The van der Waals surface area contributed by atoms with Gasteiger partial charge in [-0.25, -0.2) is 9.31 Å². The zero-order valence-electron chi connectivity index (χ0n) is 13.6. The summed E-state index contributed by atoms with van der Waals surface area (Å²) in [6, 6.07) is 17.5. The number of aliphatic carboxylic acids is 1. The number of hydrogen-bond donors (Lipinski definition) is 1. The Morgan fingerprint density at radius 2 is 1.85 bits per heavy atom. The van der Waals surface area contributed by atoms with E-state index in [0.717, 1.165) is 34.0 Å². The minimum Gasteiger partial charge on any atom is -0.478 e. The van der Waals surface area contributed by atoms with Crippen LogP contribution in [0.3, 0.4) is 0 Å². The van der Waals surface area contributed by atoms with E-state index in [-0.39, 0.29) is 0 Å². The second-order valence-corrected chi connectivity index (χ2v) is 5.62. The van der Waals surface area contributed by atoms with E-state index < -0.39 is 5.97 Å². The van der Waals surface area contributed by atoms with E-state index in [1.54, 1.807) is 6.20 Å². The highest BCUT2D eigenvalue weighted by Gasteiger charge is 2.18. The van der Waals surface area contributed by atoms with Crippen molar-refractivity contribution in [1.29, 1.82) is 0 Å². The molecule has 26 heavy (non-hydrogen) atoms. The van der Waals surface area contributed by atoms with Crippen molar-refractivity contribution in [3.05, 3.63) is 78.8 Å². The Bertz CT molecular complexity index is 1120. The van der Waals surface area contributed by atoms with Crippen LogP contribution in [0.1, 0.15) is 5.69 Å². The van der Waals surface area contributed by atoms with E-state index in [1.807, 2.05) is 65.3 Å². The topological polar surface area (TPSA) is 80.4 Å². The summed E-state index contributed by atoms with van der Waals surface area (Å²) in [5, 5.41) is 21.7. The largest absolute Gasteiger partial charge is 0.478 e. The minimum atomic E-state index is -1.04. The second-order valence-electron chi connectivity index (χ2n) is 5.62. The lowest BCUT2D eigenvalue weighted by Crippen LogP contribution is -1.93. The SMILES string of the molecule is O=C(O)/C=C/c1nnccc1-c1c(-c2ccccc2)nn2ccccc12. The Balaban J connectivity index is 2.02. The van der Waals surface area contributed by atoms with Crippen molar-refractivity contribution in [2.45, 2.75) is 0 Å². The maximum absolute atomic E-state index is 10.9. The predicted octanol–water partition coefficient (Wildman–Crippen LogP) is 3.56. The van der Waals surface area contributed by atoms with E-state index in [4.69, 9.17) is 10.2 Å². The molecule has 0 saturated carbocycles. The third-order valence-electron chi connectivity index (χ3n) is 3.99. The van der Waals surface area contributed by atoms with Crippen LogP contribution in [0.25, 0.3) is 34.0 Å². The summed E-state index contributed by atoms with van der Waals surface area (Å²) in [5.41, 5.74) is 4.82. The number of carboxylic acids is 1. The fourth-order valence-electron chi connectivity index (χ4n) is 2.89. The quantitative estimate of drug-likeness (QED) is 0.574. The molecule has 126 valence electrons. The van der Waals surface area contributed by atoms with Crippen molar-refractivity contribution in [1.82, 2.24) is 19.8 Å². The molecule has 0 saturated heterocycles. The van der Waals surface area contributed by atoms with Gasteiger partial charge in [-0.2, -0.15) is 15.3 Å². The maximum atomic E-state index is 10.9. The Morgan fingerprint density at radius 3 is 2.65 bits per heavy atom. The highest BCUT2D eigenvalue weighted by molar-refractivity contribution is 5.95. The highest BCUT2D eigenvalue weighted by Crippen LogP contribution is 2.36. The molecule has 0 unspecified atom stereocenters. The first-order valence-corrected chi connectivity index (χ1v) is 8.00. The summed E-state index contributed by atoms with van der Waals surface area (Å²) in [6.45, 7) is 0. The van der Waals surface area contributed by atoms with Gasteiger partial charge in [0.15, 0.2) is 0 Å². The number of hydrogen-bond acceptors (Lipinski definition) is 4. The molecule has 6 nitrogen and oxygen atoms in total. The molecule has 0 aliphatic heterocycles. The van der Waals surface area contributed by atoms with Crippen molar-refractivity contribution < 1.29 is 9.90 Å². The minimum absolute atomic E-state index is 0.478. The number of nitrogens with zero attached hydrogens (tertiary/aromatic N) is 4. The molecule has 4 aromatic rings. The highest BCUT2D eigenvalue weighted by atomic mass is 16.4. The summed E-state index contributed by atoms with van der Waals surface area (Å²) in [7, 11) is 0. The van der Waals surface area contributed by atoms with Crippen molar-refractivity contribution in [2.24, 2.45) is 0 Å². The normalized spacial score (nSPS) is 11.2. The number of fused-ring (bicyclic) bond motifs is 1. The van der Waals surface area contributed by atoms with Crippen molar-refractivity contribution in [3.8, 4) is 22.4 Å². The summed E-state index contributed by atoms with van der Waals surface area (Å²) in [4.78, 5) is 10.9. The van der Waals surface area contributed by atoms with Crippen LogP contribution < -0.4 is 0 Å². The van der Waals surface area contributed by atoms with E-state index in [1.165, 1.54) is 6.08 Å². The zero-order valence-corrected chi connectivity index (χ0v) is 13.6. The van der Waals surface area contributed by atoms with Gasteiger partial charge in [0, 0.05) is 29.0 Å². The van der Waals surface area contributed by atoms with Crippen molar-refractivity contribution in [2.75, 3.05) is 0 Å². The van der Waals surface area contributed by atoms with E-state index >= 15 is 0 Å². The summed E-state index contributed by atoms with van der Waals surface area (Å²) in [6.07, 6.45) is 5.98. The Hall–Kier alpha value is -3.80. The van der Waals surface area contributed by atoms with Gasteiger partial charge in [-0.3, -0.25) is 0 Å². The molecule has 0 radical (unpaired) electrons. The van der Waals surface area contributed by atoms with E-state index in [0.29, 0.717) is 5.69 Å². The fraction of sp³-hybridized carbons (Fsp3) is 0. The lowest BCUT2D eigenvalue weighted by atomic mass is 9.99. The third-order valence-corrected chi connectivity index (χ3v) is 3.99. The maximum Gasteiger partial charge on any atom is 0.328 e. The Kier molecular flexibility index (Phi) is 3.99. The first-order chi connectivity index (χ1) is 12.7. The Labute approximate surface area is 149 Å². The first kappa shape index (κ1) is 15.7. The van der Waals surface area contributed by atoms with Crippen molar-refractivity contribution in [3.63, 3.8) is 0 Å². The van der Waals surface area contributed by atoms with Crippen molar-refractivity contribution >= 4 is 17.6 Å². The lowest BCUT2D eigenvalue weighted by molar-refractivity contribution is -0.131. The standard InChI is InChI=1S/C20H14N4O2/c25-18(26)10-9-16-15(11-12-21-22-16)19-17-8-4-5-13-24(17)23-20(19)14-6-2-1-3-7-14/h1-13H,(H,25,26)/b10-9+. The summed E-state index contributed by atoms with van der Waals surface area (Å²) in [5.74, 6) is -1.04. The number of carboxylic acid groups (broad SMARTS) is 1. The van der Waals surface area contributed by atoms with Gasteiger partial charge >= 0.3 is 5.97 Å². The lowest BCUT2D eigenvalue weighted by Gasteiger charge is -2.06. The molecule has 6 heteroatoms. The molecule has 0 fully saturated rings. The zero-order chi connectivity index (χ0) is 17.9. The number of rotatable bonds is 4. The molecule has 0 aliphatic rings. The average molecular weight is 342 g/mol. The van der Waals surface area contributed by atoms with Crippen LogP contribution in [-0.4, -0.2) is 30.9 Å². The molecule has 3 heterocycles. The molecule has 0 amide bonds. The molecule has 0 atom stereocenters. The summed E-state index contributed by atoms with van der Waals surface area (Å²) < 4.78 is 1.81. The average Bonchev–Trinajstić information content (AvgIpc) is 3.06. The predicted molar refractivity (Wildman–Crippen MR) is 98.3 cm³/mol. The van der Waals surface area contributed by atoms with Gasteiger partial charge in [0.25, 0.3) is 0 Å². The Morgan fingerprint density at radius 1 is 1.04 bits per heavy atom. The van der Waals surface area contributed by atoms with Crippen LogP contribution in [0, 0.1) is 0 Å². The molecular weight excluding hydrogens is 328 g/mol. The smallest absolute Gasteiger partial charge is 0.328 e. The van der Waals surface area contributed by atoms with Gasteiger partial charge < -0.3 is 5.11 Å². The number of aromatic nitrogens is 4. The molecule has 3 aromatic heterocycles. The van der Waals surface area contributed by atoms with Crippen LogP contribution >= 0.6 is 0 Å². The first-order valence-electron chi connectivity index (χ1n) is 8.00. The molecule has 0 spiro atoms. The van der Waals surface area contributed by atoms with Gasteiger partial charge in [0.05, 0.1) is 17.4 Å². The van der Waals surface area contributed by atoms with Gasteiger partial charge in [-0.05, 0) is 24.3 Å². The number of benzene rings is 1. The molecule has 1 N–H and O–H groups in total. The molecule has 0 bridgehead atoms. The fourth-order valence-corrected chi connectivity index (χ4v) is 2.89. The van der Waals surface area contributed by atoms with Crippen LogP contribution in [0.4, 0.5) is 0 Å². The van der Waals surface area contributed by atoms with Crippen LogP contribution in [0.5, 0.6) is 0 Å². The van der Waals surface area contributed by atoms with E-state index in [2.05, 4.69) is 10.2 Å². The third kappa shape index (κ3) is 2.84. The van der Waals surface area contributed by atoms with Crippen LogP contribution in [-0.2, 0) is 4.79 Å². The molecule has 0 aliphatic carbocycles. The molecular formula is C20H14N4O2. The number of carbonyl (C=O) groups is 1. The van der Waals surface area contributed by atoms with Gasteiger partial charge in [0.2, 0.25) is 0 Å². The van der Waals surface area contributed by atoms with Crippen LogP contribution in [0.15, 0.2) is 73.1 Å².